The first-order valence-corrected chi connectivity index (χ1v) is 8.24. The Balaban J connectivity index is 1.63. The molecule has 0 spiro atoms. The van der Waals surface area contributed by atoms with E-state index < -0.39 is 0 Å². The summed E-state index contributed by atoms with van der Waals surface area (Å²) in [6.07, 6.45) is 19.4. The summed E-state index contributed by atoms with van der Waals surface area (Å²) in [4.78, 5) is 0. The van der Waals surface area contributed by atoms with Crippen LogP contribution in [0.4, 0.5) is 0 Å². The van der Waals surface area contributed by atoms with E-state index in [1.54, 1.807) is 0 Å². The summed E-state index contributed by atoms with van der Waals surface area (Å²) in [6, 6.07) is 0. The first-order valence-electron chi connectivity index (χ1n) is 8.24. The monoisotopic (exact) mass is 235 g/mol. The quantitative estimate of drug-likeness (QED) is 0.519. The van der Waals surface area contributed by atoms with Crippen LogP contribution in [0.3, 0.4) is 0 Å². The summed E-state index contributed by atoms with van der Waals surface area (Å²) < 4.78 is 0. The second-order valence-corrected chi connectivity index (χ2v) is 6.43. The zero-order valence-corrected chi connectivity index (χ0v) is 11.8. The smallest absolute Gasteiger partial charge is 0.0210 e. The highest BCUT2D eigenvalue weighted by Crippen LogP contribution is 2.42. The van der Waals surface area contributed by atoms with Crippen molar-refractivity contribution in [1.82, 2.24) is 0 Å². The summed E-state index contributed by atoms with van der Waals surface area (Å²) in [5, 5.41) is 0. The molecule has 17 heavy (non-hydrogen) atoms. The average molecular weight is 235 g/mol. The minimum Gasteiger partial charge on any atom is -0.0654 e. The molecule has 0 aliphatic heterocycles. The van der Waals surface area contributed by atoms with E-state index in [0.717, 1.165) is 11.8 Å². The van der Waals surface area contributed by atoms with Crippen molar-refractivity contribution in [3.05, 3.63) is 5.92 Å². The molecule has 0 heteroatoms. The lowest BCUT2D eigenvalue weighted by Gasteiger charge is -2.35. The van der Waals surface area contributed by atoms with Crippen LogP contribution in [0.1, 0.15) is 90.4 Å². The molecular formula is C17H31. The third kappa shape index (κ3) is 4.30. The van der Waals surface area contributed by atoms with Crippen molar-refractivity contribution >= 4 is 0 Å². The van der Waals surface area contributed by atoms with Gasteiger partial charge in [-0.25, -0.2) is 0 Å². The predicted molar refractivity (Wildman–Crippen MR) is 75.9 cm³/mol. The Morgan fingerprint density at radius 2 is 1.59 bits per heavy atom. The van der Waals surface area contributed by atoms with Gasteiger partial charge >= 0.3 is 0 Å². The minimum absolute atomic E-state index is 1.04. The summed E-state index contributed by atoms with van der Waals surface area (Å²) in [5.41, 5.74) is 0. The van der Waals surface area contributed by atoms with Gasteiger partial charge in [0.15, 0.2) is 0 Å². The van der Waals surface area contributed by atoms with E-state index in [4.69, 9.17) is 0 Å². The fourth-order valence-corrected chi connectivity index (χ4v) is 3.96. The second kappa shape index (κ2) is 7.44. The maximum atomic E-state index is 2.32. The first kappa shape index (κ1) is 13.4. The fraction of sp³-hybridized carbons (Fsp3) is 0.941. The van der Waals surface area contributed by atoms with Crippen LogP contribution in [-0.4, -0.2) is 0 Å². The molecular weight excluding hydrogens is 204 g/mol. The van der Waals surface area contributed by atoms with Crippen LogP contribution in [0.25, 0.3) is 0 Å². The Hall–Kier alpha value is 0. The van der Waals surface area contributed by atoms with Crippen LogP contribution in [0.2, 0.25) is 0 Å². The lowest BCUT2D eigenvalue weighted by atomic mass is 9.70. The number of hydrogen-bond acceptors (Lipinski definition) is 0. The third-order valence-corrected chi connectivity index (χ3v) is 5.14. The molecule has 2 aliphatic carbocycles. The predicted octanol–water partition coefficient (Wildman–Crippen LogP) is 5.91. The van der Waals surface area contributed by atoms with E-state index in [-0.39, 0.29) is 0 Å². The van der Waals surface area contributed by atoms with Crippen molar-refractivity contribution < 1.29 is 0 Å². The van der Waals surface area contributed by atoms with Gasteiger partial charge < -0.3 is 0 Å². The van der Waals surface area contributed by atoms with Crippen LogP contribution in [-0.2, 0) is 0 Å². The molecule has 0 aromatic carbocycles. The van der Waals surface area contributed by atoms with Gasteiger partial charge in [0.05, 0.1) is 0 Å². The molecule has 0 unspecified atom stereocenters. The van der Waals surface area contributed by atoms with Gasteiger partial charge in [0.1, 0.15) is 0 Å². The van der Waals surface area contributed by atoms with Gasteiger partial charge in [-0.2, -0.15) is 0 Å². The van der Waals surface area contributed by atoms with E-state index >= 15 is 0 Å². The van der Waals surface area contributed by atoms with Crippen LogP contribution in [0.15, 0.2) is 0 Å². The van der Waals surface area contributed by atoms with Crippen molar-refractivity contribution in [2.75, 3.05) is 0 Å². The topological polar surface area (TPSA) is 0 Å². The lowest BCUT2D eigenvalue weighted by Crippen LogP contribution is -2.22. The Morgan fingerprint density at radius 3 is 2.24 bits per heavy atom. The largest absolute Gasteiger partial charge is 0.0654 e. The van der Waals surface area contributed by atoms with Crippen LogP contribution < -0.4 is 0 Å². The van der Waals surface area contributed by atoms with E-state index in [2.05, 4.69) is 6.92 Å². The summed E-state index contributed by atoms with van der Waals surface area (Å²) in [5.74, 6) is 4.09. The molecule has 2 rings (SSSR count). The number of unbranched alkanes of at least 4 members (excludes halogenated alkanes) is 2. The normalized spacial score (nSPS) is 31.6. The van der Waals surface area contributed by atoms with Crippen LogP contribution in [0.5, 0.6) is 0 Å². The Kier molecular flexibility index (Phi) is 5.88. The number of hydrogen-bond donors (Lipinski definition) is 0. The summed E-state index contributed by atoms with van der Waals surface area (Å²) >= 11 is 0. The van der Waals surface area contributed by atoms with Gasteiger partial charge in [-0.3, -0.25) is 0 Å². The van der Waals surface area contributed by atoms with Crippen molar-refractivity contribution in [2.45, 2.75) is 90.4 Å². The van der Waals surface area contributed by atoms with E-state index in [9.17, 15) is 0 Å². The zero-order chi connectivity index (χ0) is 11.9. The van der Waals surface area contributed by atoms with E-state index in [0.29, 0.717) is 0 Å². The van der Waals surface area contributed by atoms with Gasteiger partial charge in [0.2, 0.25) is 0 Å². The fourth-order valence-electron chi connectivity index (χ4n) is 3.96. The molecule has 0 aromatic rings. The van der Waals surface area contributed by atoms with Gasteiger partial charge in [0, 0.05) is 0 Å². The molecule has 0 aromatic heterocycles. The van der Waals surface area contributed by atoms with Crippen molar-refractivity contribution in [3.63, 3.8) is 0 Å². The Morgan fingerprint density at radius 1 is 0.882 bits per heavy atom. The Labute approximate surface area is 109 Å². The van der Waals surface area contributed by atoms with E-state index in [1.807, 2.05) is 5.92 Å². The molecule has 0 N–H and O–H groups in total. The summed E-state index contributed by atoms with van der Waals surface area (Å²) in [6.45, 7) is 2.32. The molecule has 2 aliphatic rings. The standard InChI is InChI=1S/C17H31/c1-2-3-5-8-15-11-13-17(14-12-15)16-9-6-4-7-10-16/h15,17H,2-14H2,1H3. The molecule has 99 valence electrons. The molecule has 1 radical (unpaired) electrons. The van der Waals surface area contributed by atoms with Gasteiger partial charge in [-0.05, 0) is 43.4 Å². The highest BCUT2D eigenvalue weighted by molar-refractivity contribution is 4.99. The Bertz CT molecular complexity index is 182. The maximum Gasteiger partial charge on any atom is -0.0210 e. The van der Waals surface area contributed by atoms with Gasteiger partial charge in [-0.1, -0.05) is 64.7 Å². The van der Waals surface area contributed by atoms with Gasteiger partial charge in [-0.15, -0.1) is 0 Å². The van der Waals surface area contributed by atoms with Crippen LogP contribution >= 0.6 is 0 Å². The SMILES string of the molecule is CCCCCC1CCC([C]2CCCCC2)CC1. The minimum atomic E-state index is 1.04. The van der Waals surface area contributed by atoms with E-state index in [1.165, 1.54) is 83.5 Å². The van der Waals surface area contributed by atoms with Crippen LogP contribution in [0, 0.1) is 17.8 Å². The molecule has 0 bridgehead atoms. The highest BCUT2D eigenvalue weighted by Gasteiger charge is 2.28. The molecule has 0 atom stereocenters. The molecule has 0 nitrogen and oxygen atoms in total. The highest BCUT2D eigenvalue weighted by atomic mass is 14.3. The molecule has 0 heterocycles. The van der Waals surface area contributed by atoms with Crippen molar-refractivity contribution in [2.24, 2.45) is 11.8 Å². The van der Waals surface area contributed by atoms with Gasteiger partial charge in [0.25, 0.3) is 0 Å². The molecule has 2 saturated carbocycles. The lowest BCUT2D eigenvalue weighted by molar-refractivity contribution is 0.247. The molecule has 0 saturated heterocycles. The van der Waals surface area contributed by atoms with Crippen molar-refractivity contribution in [1.29, 1.82) is 0 Å². The molecule has 0 amide bonds. The maximum absolute atomic E-state index is 2.32. The first-order chi connectivity index (χ1) is 8.40. The molecule has 2 fully saturated rings. The number of rotatable bonds is 5. The average Bonchev–Trinajstić information content (AvgIpc) is 2.41. The third-order valence-electron chi connectivity index (χ3n) is 5.14. The van der Waals surface area contributed by atoms with Crippen molar-refractivity contribution in [3.8, 4) is 0 Å². The second-order valence-electron chi connectivity index (χ2n) is 6.43. The zero-order valence-electron chi connectivity index (χ0n) is 11.8. The summed E-state index contributed by atoms with van der Waals surface area (Å²) in [7, 11) is 0.